The van der Waals surface area contributed by atoms with E-state index in [2.05, 4.69) is 16.0 Å². The maximum Gasteiger partial charge on any atom is 0.303 e. The summed E-state index contributed by atoms with van der Waals surface area (Å²) in [6.07, 6.45) is 9.48. The smallest absolute Gasteiger partial charge is 0.303 e. The highest BCUT2D eigenvalue weighted by Crippen LogP contribution is 2.09. The second-order valence-electron chi connectivity index (χ2n) is 9.60. The summed E-state index contributed by atoms with van der Waals surface area (Å²) in [5, 5.41) is 16.9. The summed E-state index contributed by atoms with van der Waals surface area (Å²) >= 11 is 1.26. The van der Waals surface area contributed by atoms with Crippen LogP contribution in [0.1, 0.15) is 77.0 Å². The standard InChI is InChI=1S/C27H51N5O8S/c28-13-9-10-22(32-24(34)12-19-41-21-23(29)33)27(38)31-15-16-39-17-18-40-20-25(35)30-14-8-6-4-2-1-3-5-7-11-26(36)37/h22H,1-21,28H2,(H2,29,33)(H,30,35)(H,31,38)(H,32,34)(H,36,37)/t22-/m0/s1. The molecule has 0 aliphatic rings. The number of ether oxygens (including phenoxy) is 2. The number of carboxylic acids is 1. The van der Waals surface area contributed by atoms with Gasteiger partial charge < -0.3 is 42.0 Å². The van der Waals surface area contributed by atoms with Crippen molar-refractivity contribution in [2.75, 3.05) is 57.6 Å². The van der Waals surface area contributed by atoms with Crippen molar-refractivity contribution in [3.05, 3.63) is 0 Å². The molecule has 0 saturated heterocycles. The van der Waals surface area contributed by atoms with Gasteiger partial charge in [0, 0.05) is 31.7 Å². The number of nitrogens with two attached hydrogens (primary N) is 2. The lowest BCUT2D eigenvalue weighted by Gasteiger charge is -2.18. The molecule has 0 rings (SSSR count). The van der Waals surface area contributed by atoms with E-state index in [1.165, 1.54) is 11.8 Å². The van der Waals surface area contributed by atoms with Gasteiger partial charge in [-0.2, -0.15) is 11.8 Å². The topological polar surface area (TPSA) is 212 Å². The Bertz CT molecular complexity index is 744. The number of carboxylic acid groups (broad SMARTS) is 1. The van der Waals surface area contributed by atoms with E-state index in [1.54, 1.807) is 0 Å². The molecule has 0 heterocycles. The number of amides is 4. The molecular weight excluding hydrogens is 554 g/mol. The van der Waals surface area contributed by atoms with E-state index in [0.29, 0.717) is 31.7 Å². The van der Waals surface area contributed by atoms with Crippen LogP contribution in [0.25, 0.3) is 0 Å². The number of hydrogen-bond acceptors (Lipinski definition) is 9. The highest BCUT2D eigenvalue weighted by atomic mass is 32.2. The Balaban J connectivity index is 3.73. The molecule has 238 valence electrons. The third-order valence-electron chi connectivity index (χ3n) is 5.86. The van der Waals surface area contributed by atoms with Crippen LogP contribution in [0.2, 0.25) is 0 Å². The maximum absolute atomic E-state index is 12.5. The van der Waals surface area contributed by atoms with Gasteiger partial charge in [-0.05, 0) is 32.2 Å². The molecule has 0 spiro atoms. The van der Waals surface area contributed by atoms with E-state index in [-0.39, 0.29) is 69.3 Å². The zero-order valence-electron chi connectivity index (χ0n) is 24.3. The summed E-state index contributed by atoms with van der Waals surface area (Å²) in [6, 6.07) is -0.698. The van der Waals surface area contributed by atoms with Gasteiger partial charge in [-0.15, -0.1) is 0 Å². The fraction of sp³-hybridized carbons (Fsp3) is 0.815. The monoisotopic (exact) mass is 605 g/mol. The summed E-state index contributed by atoms with van der Waals surface area (Å²) in [5.41, 5.74) is 10.6. The molecule has 0 radical (unpaired) electrons. The van der Waals surface area contributed by atoms with Crippen molar-refractivity contribution in [2.24, 2.45) is 11.5 Å². The van der Waals surface area contributed by atoms with Crippen LogP contribution in [0.3, 0.4) is 0 Å². The highest BCUT2D eigenvalue weighted by molar-refractivity contribution is 7.99. The molecule has 0 aromatic heterocycles. The number of nitrogens with one attached hydrogen (secondary N) is 3. The summed E-state index contributed by atoms with van der Waals surface area (Å²) in [7, 11) is 0. The Labute approximate surface area is 248 Å². The summed E-state index contributed by atoms with van der Waals surface area (Å²) < 4.78 is 10.7. The molecule has 0 aromatic carbocycles. The molecule has 0 bridgehead atoms. The van der Waals surface area contributed by atoms with Crippen molar-refractivity contribution >= 4 is 41.4 Å². The molecule has 0 aromatic rings. The lowest BCUT2D eigenvalue weighted by Crippen LogP contribution is -2.47. The Kier molecular flexibility index (Phi) is 26.1. The van der Waals surface area contributed by atoms with Crippen LogP contribution in [0.5, 0.6) is 0 Å². The van der Waals surface area contributed by atoms with Gasteiger partial charge in [0.05, 0.1) is 25.6 Å². The first-order valence-corrected chi connectivity index (χ1v) is 15.7. The summed E-state index contributed by atoms with van der Waals surface area (Å²) in [6.45, 7) is 2.00. The highest BCUT2D eigenvalue weighted by Gasteiger charge is 2.19. The van der Waals surface area contributed by atoms with Crippen LogP contribution in [0.4, 0.5) is 0 Å². The third-order valence-corrected chi connectivity index (χ3v) is 6.84. The van der Waals surface area contributed by atoms with Gasteiger partial charge in [0.15, 0.2) is 0 Å². The van der Waals surface area contributed by atoms with E-state index < -0.39 is 17.9 Å². The predicted molar refractivity (Wildman–Crippen MR) is 158 cm³/mol. The summed E-state index contributed by atoms with van der Waals surface area (Å²) in [4.78, 5) is 57.6. The minimum Gasteiger partial charge on any atom is -0.481 e. The summed E-state index contributed by atoms with van der Waals surface area (Å²) in [5.74, 6) is -1.37. The first-order chi connectivity index (χ1) is 19.8. The first kappa shape index (κ1) is 38.6. The Morgan fingerprint density at radius 1 is 0.756 bits per heavy atom. The SMILES string of the molecule is NCCC[C@H](NC(=O)CCSCC(N)=O)C(=O)NCCOCCOCC(=O)NCCCCCCCCCCC(=O)O. The molecule has 14 heteroatoms. The van der Waals surface area contributed by atoms with Gasteiger partial charge in [0.2, 0.25) is 23.6 Å². The van der Waals surface area contributed by atoms with Crippen LogP contribution in [0, 0.1) is 0 Å². The van der Waals surface area contributed by atoms with Gasteiger partial charge in [-0.3, -0.25) is 24.0 Å². The van der Waals surface area contributed by atoms with Gasteiger partial charge in [-0.1, -0.05) is 38.5 Å². The normalized spacial score (nSPS) is 11.5. The first-order valence-electron chi connectivity index (χ1n) is 14.5. The fourth-order valence-electron chi connectivity index (χ4n) is 3.69. The van der Waals surface area contributed by atoms with Gasteiger partial charge in [-0.25, -0.2) is 0 Å². The molecule has 41 heavy (non-hydrogen) atoms. The van der Waals surface area contributed by atoms with E-state index in [0.717, 1.165) is 51.4 Å². The molecular formula is C27H51N5O8S. The minimum absolute atomic E-state index is 0.0417. The number of unbranched alkanes of at least 4 members (excludes halogenated alkanes) is 7. The molecule has 0 unspecified atom stereocenters. The van der Waals surface area contributed by atoms with Crippen molar-refractivity contribution in [1.29, 1.82) is 0 Å². The van der Waals surface area contributed by atoms with Crippen LogP contribution >= 0.6 is 11.8 Å². The van der Waals surface area contributed by atoms with E-state index in [4.69, 9.17) is 26.0 Å². The van der Waals surface area contributed by atoms with Gasteiger partial charge in [0.25, 0.3) is 0 Å². The average molecular weight is 606 g/mol. The minimum atomic E-state index is -0.731. The van der Waals surface area contributed by atoms with E-state index in [9.17, 15) is 24.0 Å². The largest absolute Gasteiger partial charge is 0.481 e. The molecule has 0 fully saturated rings. The van der Waals surface area contributed by atoms with Crippen LogP contribution in [-0.4, -0.2) is 98.3 Å². The average Bonchev–Trinajstić information content (AvgIpc) is 2.93. The molecule has 1 atom stereocenters. The number of carbonyl (C=O) groups is 5. The molecule has 4 amide bonds. The van der Waals surface area contributed by atoms with Crippen LogP contribution in [0.15, 0.2) is 0 Å². The quantitative estimate of drug-likeness (QED) is 0.0656. The number of thioether (sulfide) groups is 1. The van der Waals surface area contributed by atoms with Crippen molar-refractivity contribution in [3.8, 4) is 0 Å². The second-order valence-corrected chi connectivity index (χ2v) is 10.7. The van der Waals surface area contributed by atoms with Crippen LogP contribution < -0.4 is 27.4 Å². The zero-order chi connectivity index (χ0) is 30.6. The Hall–Kier alpha value is -2.42. The molecule has 8 N–H and O–H groups in total. The van der Waals surface area contributed by atoms with Crippen molar-refractivity contribution < 1.29 is 38.6 Å². The van der Waals surface area contributed by atoms with Crippen LogP contribution in [-0.2, 0) is 33.4 Å². The Morgan fingerprint density at radius 2 is 1.41 bits per heavy atom. The lowest BCUT2D eigenvalue weighted by atomic mass is 10.1. The number of rotatable bonds is 29. The van der Waals surface area contributed by atoms with Gasteiger partial charge >= 0.3 is 5.97 Å². The predicted octanol–water partition coefficient (Wildman–Crippen LogP) is 0.680. The fourth-order valence-corrected chi connectivity index (χ4v) is 4.37. The lowest BCUT2D eigenvalue weighted by molar-refractivity contribution is -0.137. The second kappa shape index (κ2) is 27.7. The van der Waals surface area contributed by atoms with Crippen molar-refractivity contribution in [2.45, 2.75) is 83.1 Å². The Morgan fingerprint density at radius 3 is 2.07 bits per heavy atom. The van der Waals surface area contributed by atoms with E-state index in [1.807, 2.05) is 0 Å². The van der Waals surface area contributed by atoms with E-state index >= 15 is 0 Å². The number of carbonyl (C=O) groups excluding carboxylic acids is 4. The van der Waals surface area contributed by atoms with Crippen molar-refractivity contribution in [3.63, 3.8) is 0 Å². The third kappa shape index (κ3) is 27.5. The number of primary amides is 1. The molecule has 0 aliphatic heterocycles. The molecule has 0 saturated carbocycles. The number of aliphatic carboxylic acids is 1. The zero-order valence-corrected chi connectivity index (χ0v) is 25.1. The molecule has 13 nitrogen and oxygen atoms in total. The molecule has 0 aliphatic carbocycles. The van der Waals surface area contributed by atoms with Crippen molar-refractivity contribution in [1.82, 2.24) is 16.0 Å². The maximum atomic E-state index is 12.5. The van der Waals surface area contributed by atoms with Gasteiger partial charge in [0.1, 0.15) is 12.6 Å². The number of hydrogen-bond donors (Lipinski definition) is 6.